The summed E-state index contributed by atoms with van der Waals surface area (Å²) < 4.78 is 27.1. The first-order chi connectivity index (χ1) is 9.38. The normalized spacial score (nSPS) is 13.8. The molecule has 0 aliphatic heterocycles. The van der Waals surface area contributed by atoms with Crippen LogP contribution in [-0.2, 0) is 16.6 Å². The van der Waals surface area contributed by atoms with Crippen LogP contribution < -0.4 is 10.0 Å². The molecule has 0 aliphatic carbocycles. The summed E-state index contributed by atoms with van der Waals surface area (Å²) in [6.45, 7) is 5.71. The van der Waals surface area contributed by atoms with Crippen molar-refractivity contribution in [2.24, 2.45) is 0 Å². The SMILES string of the molecule is CCCNCc1cn[nH]c1S(=O)(=O)NCC(C)N(C)C. The molecule has 20 heavy (non-hydrogen) atoms. The average molecular weight is 303 g/mol. The molecule has 0 amide bonds. The summed E-state index contributed by atoms with van der Waals surface area (Å²) in [4.78, 5) is 1.96. The summed E-state index contributed by atoms with van der Waals surface area (Å²) in [6, 6.07) is 0.120. The largest absolute Gasteiger partial charge is 0.313 e. The third-order valence-corrected chi connectivity index (χ3v) is 4.58. The Hall–Kier alpha value is -0.960. The lowest BCUT2D eigenvalue weighted by molar-refractivity contribution is 0.313. The molecule has 1 rings (SSSR count). The van der Waals surface area contributed by atoms with Crippen molar-refractivity contribution in [2.45, 2.75) is 37.9 Å². The van der Waals surface area contributed by atoms with E-state index in [4.69, 9.17) is 0 Å². The zero-order chi connectivity index (χ0) is 15.2. The Kier molecular flexibility index (Phi) is 6.60. The van der Waals surface area contributed by atoms with Crippen LogP contribution in [0, 0.1) is 0 Å². The number of hydrogen-bond donors (Lipinski definition) is 3. The van der Waals surface area contributed by atoms with Crippen LogP contribution in [0.3, 0.4) is 0 Å². The number of aromatic amines is 1. The summed E-state index contributed by atoms with van der Waals surface area (Å²) in [5.74, 6) is 0. The summed E-state index contributed by atoms with van der Waals surface area (Å²) >= 11 is 0. The van der Waals surface area contributed by atoms with Crippen molar-refractivity contribution in [1.82, 2.24) is 25.1 Å². The van der Waals surface area contributed by atoms with E-state index in [-0.39, 0.29) is 11.1 Å². The van der Waals surface area contributed by atoms with Gasteiger partial charge in [0.25, 0.3) is 10.0 Å². The van der Waals surface area contributed by atoms with Gasteiger partial charge in [-0.05, 0) is 34.0 Å². The molecule has 0 aromatic carbocycles. The maximum Gasteiger partial charge on any atom is 0.257 e. The molecule has 1 atom stereocenters. The van der Waals surface area contributed by atoms with Gasteiger partial charge in [0.1, 0.15) is 0 Å². The van der Waals surface area contributed by atoms with Gasteiger partial charge in [0, 0.05) is 24.7 Å². The highest BCUT2D eigenvalue weighted by Gasteiger charge is 2.21. The number of sulfonamides is 1. The number of rotatable bonds is 9. The summed E-state index contributed by atoms with van der Waals surface area (Å²) in [6.07, 6.45) is 2.55. The summed E-state index contributed by atoms with van der Waals surface area (Å²) in [5.41, 5.74) is 0.656. The molecule has 7 nitrogen and oxygen atoms in total. The molecule has 0 fully saturated rings. The quantitative estimate of drug-likeness (QED) is 0.565. The summed E-state index contributed by atoms with van der Waals surface area (Å²) in [5, 5.41) is 9.72. The second-order valence-electron chi connectivity index (χ2n) is 5.07. The van der Waals surface area contributed by atoms with Crippen LogP contribution in [0.2, 0.25) is 0 Å². The van der Waals surface area contributed by atoms with E-state index in [1.54, 1.807) is 6.20 Å². The van der Waals surface area contributed by atoms with Gasteiger partial charge in [0.05, 0.1) is 6.20 Å². The van der Waals surface area contributed by atoms with Gasteiger partial charge in [0.2, 0.25) is 0 Å². The minimum absolute atomic E-state index is 0.120. The van der Waals surface area contributed by atoms with Crippen LogP contribution in [0.25, 0.3) is 0 Å². The van der Waals surface area contributed by atoms with Crippen molar-refractivity contribution >= 4 is 10.0 Å². The molecule has 1 unspecified atom stereocenters. The fraction of sp³-hybridized carbons (Fsp3) is 0.750. The van der Waals surface area contributed by atoms with Gasteiger partial charge in [-0.15, -0.1) is 0 Å². The van der Waals surface area contributed by atoms with Crippen molar-refractivity contribution in [1.29, 1.82) is 0 Å². The van der Waals surface area contributed by atoms with Crippen LogP contribution in [0.5, 0.6) is 0 Å². The van der Waals surface area contributed by atoms with E-state index in [1.807, 2.05) is 25.9 Å². The Bertz CT molecular complexity index is 498. The monoisotopic (exact) mass is 303 g/mol. The molecule has 0 aliphatic rings. The van der Waals surface area contributed by atoms with E-state index in [0.29, 0.717) is 18.7 Å². The van der Waals surface area contributed by atoms with E-state index >= 15 is 0 Å². The minimum atomic E-state index is -3.55. The maximum atomic E-state index is 12.2. The Balaban J connectivity index is 2.70. The average Bonchev–Trinajstić information content (AvgIpc) is 2.85. The lowest BCUT2D eigenvalue weighted by atomic mass is 10.3. The highest BCUT2D eigenvalue weighted by Crippen LogP contribution is 2.11. The van der Waals surface area contributed by atoms with Gasteiger partial charge in [-0.2, -0.15) is 5.10 Å². The standard InChI is InChI=1S/C12H25N5O2S/c1-5-6-13-8-11-9-14-16-12(11)20(18,19)15-7-10(2)17(3)4/h9-10,13,15H,5-8H2,1-4H3,(H,14,16). The molecule has 0 radical (unpaired) electrons. The first kappa shape index (κ1) is 17.1. The number of hydrogen-bond acceptors (Lipinski definition) is 5. The lowest BCUT2D eigenvalue weighted by Gasteiger charge is -2.19. The number of aromatic nitrogens is 2. The van der Waals surface area contributed by atoms with Gasteiger partial charge >= 0.3 is 0 Å². The fourth-order valence-electron chi connectivity index (χ4n) is 1.54. The highest BCUT2D eigenvalue weighted by atomic mass is 32.2. The second-order valence-corrected chi connectivity index (χ2v) is 6.77. The molecule has 3 N–H and O–H groups in total. The van der Waals surface area contributed by atoms with Gasteiger partial charge in [0.15, 0.2) is 5.03 Å². The van der Waals surface area contributed by atoms with Gasteiger partial charge in [-0.3, -0.25) is 5.10 Å². The second kappa shape index (κ2) is 7.72. The van der Waals surface area contributed by atoms with Crippen molar-refractivity contribution in [3.63, 3.8) is 0 Å². The van der Waals surface area contributed by atoms with Crippen LogP contribution in [0.4, 0.5) is 0 Å². The Morgan fingerprint density at radius 2 is 2.15 bits per heavy atom. The van der Waals surface area contributed by atoms with Crippen molar-refractivity contribution < 1.29 is 8.42 Å². The molecule has 1 aromatic heterocycles. The molecule has 0 saturated carbocycles. The van der Waals surface area contributed by atoms with Gasteiger partial charge in [-0.1, -0.05) is 6.92 Å². The van der Waals surface area contributed by atoms with Crippen molar-refractivity contribution in [3.8, 4) is 0 Å². The smallest absolute Gasteiger partial charge is 0.257 e. The zero-order valence-electron chi connectivity index (χ0n) is 12.6. The first-order valence-corrected chi connectivity index (χ1v) is 8.25. The maximum absolute atomic E-state index is 12.2. The predicted molar refractivity (Wildman–Crippen MR) is 78.9 cm³/mol. The number of likely N-dealkylation sites (N-methyl/N-ethyl adjacent to an activating group) is 1. The number of nitrogens with zero attached hydrogens (tertiary/aromatic N) is 2. The Morgan fingerprint density at radius 1 is 1.45 bits per heavy atom. The molecule has 0 spiro atoms. The van der Waals surface area contributed by atoms with E-state index < -0.39 is 10.0 Å². The van der Waals surface area contributed by atoms with E-state index in [2.05, 4.69) is 27.2 Å². The van der Waals surface area contributed by atoms with Crippen molar-refractivity contribution in [2.75, 3.05) is 27.2 Å². The minimum Gasteiger partial charge on any atom is -0.313 e. The molecule has 0 bridgehead atoms. The number of nitrogens with one attached hydrogen (secondary N) is 3. The third-order valence-electron chi connectivity index (χ3n) is 3.14. The van der Waals surface area contributed by atoms with E-state index in [0.717, 1.165) is 13.0 Å². The molecular weight excluding hydrogens is 278 g/mol. The van der Waals surface area contributed by atoms with Crippen LogP contribution in [0.15, 0.2) is 11.2 Å². The molecule has 116 valence electrons. The summed E-state index contributed by atoms with van der Waals surface area (Å²) in [7, 11) is 0.276. The fourth-order valence-corrected chi connectivity index (χ4v) is 2.79. The molecule has 1 aromatic rings. The predicted octanol–water partition coefficient (Wildman–Crippen LogP) is 0.138. The highest BCUT2D eigenvalue weighted by molar-refractivity contribution is 7.89. The van der Waals surface area contributed by atoms with Crippen LogP contribution in [0.1, 0.15) is 25.8 Å². The molecule has 0 saturated heterocycles. The van der Waals surface area contributed by atoms with E-state index in [9.17, 15) is 8.42 Å². The Labute approximate surface area is 121 Å². The van der Waals surface area contributed by atoms with E-state index in [1.165, 1.54) is 0 Å². The van der Waals surface area contributed by atoms with Gasteiger partial charge < -0.3 is 10.2 Å². The van der Waals surface area contributed by atoms with Gasteiger partial charge in [-0.25, -0.2) is 13.1 Å². The van der Waals surface area contributed by atoms with Crippen LogP contribution >= 0.6 is 0 Å². The molecule has 8 heteroatoms. The molecular formula is C12H25N5O2S. The van der Waals surface area contributed by atoms with Crippen LogP contribution in [-0.4, -0.2) is 56.7 Å². The molecule has 1 heterocycles. The van der Waals surface area contributed by atoms with Crippen molar-refractivity contribution in [3.05, 3.63) is 11.8 Å². The topological polar surface area (TPSA) is 90.1 Å². The Morgan fingerprint density at radius 3 is 2.75 bits per heavy atom. The zero-order valence-corrected chi connectivity index (χ0v) is 13.4. The third kappa shape index (κ3) is 4.86. The first-order valence-electron chi connectivity index (χ1n) is 6.77. The lowest BCUT2D eigenvalue weighted by Crippen LogP contribution is -2.38. The number of H-pyrrole nitrogens is 1.